The summed E-state index contributed by atoms with van der Waals surface area (Å²) in [7, 11) is 0. The monoisotopic (exact) mass is 483 g/mol. The minimum atomic E-state index is -0.518. The lowest BCUT2D eigenvalue weighted by Gasteiger charge is -2.37. The zero-order valence-electron chi connectivity index (χ0n) is 19.0. The Labute approximate surface area is 204 Å². The number of nitrogens with one attached hydrogen (secondary N) is 1. The Balaban J connectivity index is 1.78. The van der Waals surface area contributed by atoms with Crippen molar-refractivity contribution in [1.29, 1.82) is 0 Å². The number of ketones is 1. The molecule has 0 saturated carbocycles. The van der Waals surface area contributed by atoms with Gasteiger partial charge in [-0.25, -0.2) is 4.79 Å². The normalized spacial score (nSPS) is 21.4. The van der Waals surface area contributed by atoms with Crippen molar-refractivity contribution in [3.63, 3.8) is 0 Å². The molecule has 1 heterocycles. The summed E-state index contributed by atoms with van der Waals surface area (Å²) in [6.45, 7) is 5.70. The van der Waals surface area contributed by atoms with Crippen molar-refractivity contribution in [2.45, 2.75) is 58.0 Å². The van der Waals surface area contributed by atoms with Gasteiger partial charge in [0.1, 0.15) is 0 Å². The van der Waals surface area contributed by atoms with Gasteiger partial charge in [-0.05, 0) is 68.0 Å². The first kappa shape index (κ1) is 23.6. The summed E-state index contributed by atoms with van der Waals surface area (Å²) in [5, 5.41) is 4.60. The number of esters is 1. The van der Waals surface area contributed by atoms with E-state index >= 15 is 0 Å². The second kappa shape index (κ2) is 9.74. The average Bonchev–Trinajstić information content (AvgIpc) is 2.78. The summed E-state index contributed by atoms with van der Waals surface area (Å²) >= 11 is 12.4. The van der Waals surface area contributed by atoms with Crippen molar-refractivity contribution >= 4 is 35.0 Å². The zero-order chi connectivity index (χ0) is 23.7. The lowest BCUT2D eigenvalue weighted by atomic mass is 9.72. The molecule has 0 saturated heterocycles. The molecule has 172 valence electrons. The fourth-order valence-electron chi connectivity index (χ4n) is 4.63. The molecule has 3 atom stereocenters. The van der Waals surface area contributed by atoms with Crippen molar-refractivity contribution in [3.8, 4) is 0 Å². The van der Waals surface area contributed by atoms with Gasteiger partial charge in [0.2, 0.25) is 0 Å². The molecule has 33 heavy (non-hydrogen) atoms. The molecule has 0 spiro atoms. The third-order valence-corrected chi connectivity index (χ3v) is 6.94. The van der Waals surface area contributed by atoms with Crippen LogP contribution in [0.15, 0.2) is 71.1 Å². The molecule has 0 fully saturated rings. The number of dihydropyridines is 1. The lowest BCUT2D eigenvalue weighted by Crippen LogP contribution is -2.36. The van der Waals surface area contributed by atoms with Gasteiger partial charge in [0.25, 0.3) is 0 Å². The smallest absolute Gasteiger partial charge is 0.337 e. The Kier molecular flexibility index (Phi) is 6.96. The summed E-state index contributed by atoms with van der Waals surface area (Å²) in [4.78, 5) is 26.8. The highest BCUT2D eigenvalue weighted by Crippen LogP contribution is 2.46. The Morgan fingerprint density at radius 3 is 2.48 bits per heavy atom. The van der Waals surface area contributed by atoms with Gasteiger partial charge in [0.15, 0.2) is 5.78 Å². The molecule has 0 unspecified atom stereocenters. The van der Waals surface area contributed by atoms with Gasteiger partial charge < -0.3 is 10.1 Å². The van der Waals surface area contributed by atoms with E-state index in [0.29, 0.717) is 46.2 Å². The first-order valence-corrected chi connectivity index (χ1v) is 12.0. The molecule has 0 bridgehead atoms. The van der Waals surface area contributed by atoms with Gasteiger partial charge in [-0.1, -0.05) is 54.4 Å². The third-order valence-electron chi connectivity index (χ3n) is 6.45. The molecule has 6 heteroatoms. The molecule has 4 rings (SSSR count). The van der Waals surface area contributed by atoms with E-state index in [4.69, 9.17) is 27.9 Å². The first-order valence-electron chi connectivity index (χ1n) is 11.2. The zero-order valence-corrected chi connectivity index (χ0v) is 20.5. The number of hydrogen-bond donors (Lipinski definition) is 1. The van der Waals surface area contributed by atoms with Gasteiger partial charge in [-0.15, -0.1) is 0 Å². The van der Waals surface area contributed by atoms with Crippen LogP contribution in [0.1, 0.15) is 63.0 Å². The molecule has 0 amide bonds. The first-order chi connectivity index (χ1) is 15.8. The fourth-order valence-corrected chi connectivity index (χ4v) is 4.95. The van der Waals surface area contributed by atoms with Gasteiger partial charge in [-0.2, -0.15) is 0 Å². The summed E-state index contributed by atoms with van der Waals surface area (Å²) < 4.78 is 5.69. The summed E-state index contributed by atoms with van der Waals surface area (Å²) in [6, 6.07) is 15.0. The van der Waals surface area contributed by atoms with Crippen LogP contribution < -0.4 is 5.32 Å². The number of Topliss-reactive ketones (excluding diaryl/α,β-unsaturated/α-hetero) is 1. The molecule has 2 aromatic carbocycles. The van der Waals surface area contributed by atoms with Gasteiger partial charge >= 0.3 is 5.97 Å². The SMILES string of the molecule is CC[C@H](C)OC(=O)C1=C(C)NC2=C(C(=O)C[C@@H](c3ccc(Cl)cc3)C2)[C@H]1c1cccc(Cl)c1. The van der Waals surface area contributed by atoms with E-state index in [1.54, 1.807) is 6.07 Å². The van der Waals surface area contributed by atoms with Crippen molar-refractivity contribution in [2.24, 2.45) is 0 Å². The largest absolute Gasteiger partial charge is 0.459 e. The van der Waals surface area contributed by atoms with E-state index in [-0.39, 0.29) is 17.8 Å². The molecular formula is C27H27Cl2NO3. The second-order valence-corrected chi connectivity index (χ2v) is 9.62. The van der Waals surface area contributed by atoms with Crippen LogP contribution in [0.25, 0.3) is 0 Å². The van der Waals surface area contributed by atoms with Crippen molar-refractivity contribution < 1.29 is 14.3 Å². The van der Waals surface area contributed by atoms with E-state index in [0.717, 1.165) is 16.8 Å². The molecule has 0 radical (unpaired) electrons. The Morgan fingerprint density at radius 2 is 1.82 bits per heavy atom. The average molecular weight is 484 g/mol. The van der Waals surface area contributed by atoms with E-state index < -0.39 is 11.9 Å². The number of rotatable bonds is 5. The molecule has 2 aromatic rings. The number of allylic oxidation sites excluding steroid dienone is 3. The molecule has 1 N–H and O–H groups in total. The standard InChI is InChI=1S/C27H27Cl2NO3/c1-4-15(2)33-27(32)24-16(3)30-22-13-19(17-8-10-20(28)11-9-17)14-23(31)26(22)25(24)18-6-5-7-21(29)12-18/h5-12,15,19,25,30H,4,13-14H2,1-3H3/t15-,19-,25-/m0/s1. The summed E-state index contributed by atoms with van der Waals surface area (Å²) in [5.41, 5.74) is 4.54. The fraction of sp³-hybridized carbons (Fsp3) is 0.333. The number of hydrogen-bond acceptors (Lipinski definition) is 4. The lowest BCUT2D eigenvalue weighted by molar-refractivity contribution is -0.144. The van der Waals surface area contributed by atoms with Crippen molar-refractivity contribution in [2.75, 3.05) is 0 Å². The Morgan fingerprint density at radius 1 is 1.09 bits per heavy atom. The molecular weight excluding hydrogens is 457 g/mol. The van der Waals surface area contributed by atoms with Crippen LogP contribution in [0, 0.1) is 0 Å². The van der Waals surface area contributed by atoms with Gasteiger partial charge in [0, 0.05) is 39.4 Å². The maximum absolute atomic E-state index is 13.6. The van der Waals surface area contributed by atoms with Crippen LogP contribution in [0.2, 0.25) is 10.0 Å². The summed E-state index contributed by atoms with van der Waals surface area (Å²) in [5.74, 6) is -0.855. The highest BCUT2D eigenvalue weighted by Gasteiger charge is 2.41. The number of carbonyl (C=O) groups excluding carboxylic acids is 2. The maximum Gasteiger partial charge on any atom is 0.337 e. The Bertz CT molecular complexity index is 1150. The van der Waals surface area contributed by atoms with Crippen LogP contribution >= 0.6 is 23.2 Å². The molecule has 1 aliphatic carbocycles. The van der Waals surface area contributed by atoms with Gasteiger partial charge in [0.05, 0.1) is 11.7 Å². The highest BCUT2D eigenvalue weighted by molar-refractivity contribution is 6.30. The number of halogens is 2. The molecule has 2 aliphatic rings. The Hall–Kier alpha value is -2.56. The van der Waals surface area contributed by atoms with Crippen LogP contribution in [0.5, 0.6) is 0 Å². The minimum absolute atomic E-state index is 0.0232. The quantitative estimate of drug-likeness (QED) is 0.480. The van der Waals surface area contributed by atoms with Gasteiger partial charge in [-0.3, -0.25) is 4.79 Å². The molecule has 0 aromatic heterocycles. The van der Waals surface area contributed by atoms with E-state index in [1.807, 2.05) is 63.2 Å². The predicted octanol–water partition coefficient (Wildman–Crippen LogP) is 6.70. The highest BCUT2D eigenvalue weighted by atomic mass is 35.5. The third kappa shape index (κ3) is 4.87. The predicted molar refractivity (Wildman–Crippen MR) is 131 cm³/mol. The number of carbonyl (C=O) groups is 2. The van der Waals surface area contributed by atoms with Crippen LogP contribution in [0.4, 0.5) is 0 Å². The summed E-state index contributed by atoms with van der Waals surface area (Å²) in [6.07, 6.45) is 1.53. The molecule has 1 aliphatic heterocycles. The van der Waals surface area contributed by atoms with Crippen molar-refractivity contribution in [1.82, 2.24) is 5.32 Å². The second-order valence-electron chi connectivity index (χ2n) is 8.75. The van der Waals surface area contributed by atoms with Crippen LogP contribution in [-0.2, 0) is 14.3 Å². The van der Waals surface area contributed by atoms with E-state index in [2.05, 4.69) is 5.32 Å². The van der Waals surface area contributed by atoms with E-state index in [9.17, 15) is 9.59 Å². The number of benzene rings is 2. The maximum atomic E-state index is 13.6. The molecule has 4 nitrogen and oxygen atoms in total. The number of ether oxygens (including phenoxy) is 1. The minimum Gasteiger partial charge on any atom is -0.459 e. The van der Waals surface area contributed by atoms with Crippen LogP contribution in [0.3, 0.4) is 0 Å². The van der Waals surface area contributed by atoms with E-state index in [1.165, 1.54) is 0 Å². The van der Waals surface area contributed by atoms with Crippen molar-refractivity contribution in [3.05, 3.63) is 92.2 Å². The van der Waals surface area contributed by atoms with Crippen LogP contribution in [-0.4, -0.2) is 17.9 Å². The topological polar surface area (TPSA) is 55.4 Å².